The summed E-state index contributed by atoms with van der Waals surface area (Å²) in [5, 5.41) is 4.67. The van der Waals surface area contributed by atoms with Gasteiger partial charge in [-0.2, -0.15) is 18.3 Å². The first-order valence-electron chi connectivity index (χ1n) is 10.1. The van der Waals surface area contributed by atoms with Crippen molar-refractivity contribution in [2.24, 2.45) is 0 Å². The Morgan fingerprint density at radius 2 is 1.52 bits per heavy atom. The zero-order valence-electron chi connectivity index (χ0n) is 17.4. The Bertz CT molecular complexity index is 1080. The lowest BCUT2D eigenvalue weighted by molar-refractivity contribution is -0.138. The van der Waals surface area contributed by atoms with Crippen LogP contribution in [0.5, 0.6) is 0 Å². The van der Waals surface area contributed by atoms with Gasteiger partial charge in [-0.25, -0.2) is 4.68 Å². The molecule has 1 aliphatic heterocycles. The quantitative estimate of drug-likeness (QED) is 0.618. The standard InChI is InChI=1S/C23H23F3N4O/c1-16-21(17(2)30(27-16)18-8-4-3-5-9-18)28-12-14-29(15-13-28)22(31)19-10-6-7-11-20(19)23(24,25)26/h3-11H,12-15H2,1-2H3. The molecule has 0 atom stereocenters. The highest BCUT2D eigenvalue weighted by Crippen LogP contribution is 2.33. The van der Waals surface area contributed by atoms with Crippen LogP contribution in [-0.2, 0) is 6.18 Å². The summed E-state index contributed by atoms with van der Waals surface area (Å²) in [6, 6.07) is 14.8. The highest BCUT2D eigenvalue weighted by Gasteiger charge is 2.36. The van der Waals surface area contributed by atoms with Gasteiger partial charge < -0.3 is 9.80 Å². The number of carbonyl (C=O) groups is 1. The van der Waals surface area contributed by atoms with Crippen LogP contribution >= 0.6 is 0 Å². The van der Waals surface area contributed by atoms with E-state index in [0.717, 1.165) is 28.8 Å². The third-order valence-corrected chi connectivity index (χ3v) is 5.60. The molecule has 1 fully saturated rings. The second-order valence-corrected chi connectivity index (χ2v) is 7.59. The fraction of sp³-hybridized carbons (Fsp3) is 0.304. The van der Waals surface area contributed by atoms with Crippen LogP contribution in [-0.4, -0.2) is 46.8 Å². The Kier molecular flexibility index (Phi) is 5.47. The van der Waals surface area contributed by atoms with Gasteiger partial charge >= 0.3 is 6.18 Å². The topological polar surface area (TPSA) is 41.4 Å². The van der Waals surface area contributed by atoms with E-state index in [1.807, 2.05) is 48.9 Å². The van der Waals surface area contributed by atoms with Gasteiger partial charge in [-0.1, -0.05) is 30.3 Å². The van der Waals surface area contributed by atoms with Crippen molar-refractivity contribution in [3.63, 3.8) is 0 Å². The number of benzene rings is 2. The number of rotatable bonds is 3. The minimum atomic E-state index is -4.56. The number of carbonyl (C=O) groups excluding carboxylic acids is 1. The van der Waals surface area contributed by atoms with Crippen molar-refractivity contribution in [3.8, 4) is 5.69 Å². The fourth-order valence-corrected chi connectivity index (χ4v) is 4.13. The van der Waals surface area contributed by atoms with Crippen LogP contribution in [0.1, 0.15) is 27.3 Å². The second-order valence-electron chi connectivity index (χ2n) is 7.59. The molecule has 1 saturated heterocycles. The molecule has 0 radical (unpaired) electrons. The first-order valence-corrected chi connectivity index (χ1v) is 10.1. The van der Waals surface area contributed by atoms with Gasteiger partial charge in [0.15, 0.2) is 0 Å². The first kappa shape index (κ1) is 21.0. The maximum absolute atomic E-state index is 13.3. The van der Waals surface area contributed by atoms with Gasteiger partial charge in [-0.15, -0.1) is 0 Å². The number of alkyl halides is 3. The van der Waals surface area contributed by atoms with E-state index in [4.69, 9.17) is 0 Å². The van der Waals surface area contributed by atoms with Crippen molar-refractivity contribution in [1.29, 1.82) is 0 Å². The highest BCUT2D eigenvalue weighted by atomic mass is 19.4. The molecule has 162 valence electrons. The molecule has 2 heterocycles. The average molecular weight is 428 g/mol. The maximum atomic E-state index is 13.3. The predicted octanol–water partition coefficient (Wildman–Crippen LogP) is 4.47. The summed E-state index contributed by atoms with van der Waals surface area (Å²) in [5.41, 5.74) is 2.65. The van der Waals surface area contributed by atoms with Crippen LogP contribution in [0.25, 0.3) is 5.69 Å². The number of hydrogen-bond acceptors (Lipinski definition) is 3. The van der Waals surface area contributed by atoms with E-state index in [9.17, 15) is 18.0 Å². The van der Waals surface area contributed by atoms with Crippen LogP contribution in [0.15, 0.2) is 54.6 Å². The Morgan fingerprint density at radius 3 is 2.16 bits per heavy atom. The molecule has 0 spiro atoms. The second kappa shape index (κ2) is 8.09. The molecule has 0 bridgehead atoms. The van der Waals surface area contributed by atoms with E-state index in [-0.39, 0.29) is 5.56 Å². The molecule has 31 heavy (non-hydrogen) atoms. The zero-order chi connectivity index (χ0) is 22.2. The van der Waals surface area contributed by atoms with Gasteiger partial charge in [0.05, 0.1) is 33.9 Å². The van der Waals surface area contributed by atoms with Crippen LogP contribution in [0.3, 0.4) is 0 Å². The Balaban J connectivity index is 1.52. The van der Waals surface area contributed by atoms with Gasteiger partial charge in [0, 0.05) is 26.2 Å². The average Bonchev–Trinajstić information content (AvgIpc) is 3.07. The maximum Gasteiger partial charge on any atom is 0.417 e. The van der Waals surface area contributed by atoms with Crippen molar-refractivity contribution in [1.82, 2.24) is 14.7 Å². The number of aryl methyl sites for hydroxylation is 1. The molecule has 1 aliphatic rings. The molecule has 0 unspecified atom stereocenters. The van der Waals surface area contributed by atoms with Crippen LogP contribution in [0, 0.1) is 13.8 Å². The van der Waals surface area contributed by atoms with Crippen LogP contribution < -0.4 is 4.90 Å². The largest absolute Gasteiger partial charge is 0.417 e. The summed E-state index contributed by atoms with van der Waals surface area (Å²) in [4.78, 5) is 16.5. The molecular weight excluding hydrogens is 405 g/mol. The normalized spacial score (nSPS) is 14.7. The highest BCUT2D eigenvalue weighted by molar-refractivity contribution is 5.96. The van der Waals surface area contributed by atoms with Gasteiger partial charge in [0.2, 0.25) is 0 Å². The first-order chi connectivity index (χ1) is 14.8. The van der Waals surface area contributed by atoms with Crippen molar-refractivity contribution in [2.75, 3.05) is 31.1 Å². The fourth-order valence-electron chi connectivity index (χ4n) is 4.13. The number of amides is 1. The summed E-state index contributed by atoms with van der Waals surface area (Å²) >= 11 is 0. The lowest BCUT2D eigenvalue weighted by Gasteiger charge is -2.36. The monoisotopic (exact) mass is 428 g/mol. The van der Waals surface area contributed by atoms with Crippen molar-refractivity contribution in [2.45, 2.75) is 20.0 Å². The van der Waals surface area contributed by atoms with Crippen LogP contribution in [0.2, 0.25) is 0 Å². The predicted molar refractivity (Wildman–Crippen MR) is 113 cm³/mol. The minimum absolute atomic E-state index is 0.298. The molecule has 1 aromatic heterocycles. The number of hydrogen-bond donors (Lipinski definition) is 0. The number of nitrogens with zero attached hydrogens (tertiary/aromatic N) is 4. The lowest BCUT2D eigenvalue weighted by atomic mass is 10.1. The molecule has 0 saturated carbocycles. The zero-order valence-corrected chi connectivity index (χ0v) is 17.4. The third-order valence-electron chi connectivity index (χ3n) is 5.60. The lowest BCUT2D eigenvalue weighted by Crippen LogP contribution is -2.49. The van der Waals surface area contributed by atoms with Gasteiger partial charge in [-0.05, 0) is 38.1 Å². The Labute approximate surface area is 178 Å². The van der Waals surface area contributed by atoms with E-state index in [2.05, 4.69) is 10.00 Å². The van der Waals surface area contributed by atoms with Crippen molar-refractivity contribution in [3.05, 3.63) is 77.1 Å². The summed E-state index contributed by atoms with van der Waals surface area (Å²) in [5.74, 6) is -0.582. The van der Waals surface area contributed by atoms with E-state index < -0.39 is 17.6 Å². The summed E-state index contributed by atoms with van der Waals surface area (Å²) in [7, 11) is 0. The number of anilines is 1. The summed E-state index contributed by atoms with van der Waals surface area (Å²) in [6.45, 7) is 5.70. The van der Waals surface area contributed by atoms with E-state index in [1.165, 1.54) is 23.1 Å². The summed E-state index contributed by atoms with van der Waals surface area (Å²) in [6.07, 6.45) is -4.56. The van der Waals surface area contributed by atoms with E-state index in [0.29, 0.717) is 26.2 Å². The number of para-hydroxylation sites is 1. The smallest absolute Gasteiger partial charge is 0.365 e. The van der Waals surface area contributed by atoms with Gasteiger partial charge in [0.25, 0.3) is 5.91 Å². The molecule has 2 aromatic carbocycles. The molecule has 0 aliphatic carbocycles. The summed E-state index contributed by atoms with van der Waals surface area (Å²) < 4.78 is 41.8. The van der Waals surface area contributed by atoms with Crippen molar-refractivity contribution < 1.29 is 18.0 Å². The van der Waals surface area contributed by atoms with Gasteiger partial charge in [0.1, 0.15) is 0 Å². The Morgan fingerprint density at radius 1 is 0.903 bits per heavy atom. The van der Waals surface area contributed by atoms with E-state index >= 15 is 0 Å². The molecule has 3 aromatic rings. The number of piperazine rings is 1. The number of halogens is 3. The van der Waals surface area contributed by atoms with Gasteiger partial charge in [-0.3, -0.25) is 4.79 Å². The van der Waals surface area contributed by atoms with Crippen molar-refractivity contribution >= 4 is 11.6 Å². The number of aromatic nitrogens is 2. The Hall–Kier alpha value is -3.29. The molecule has 0 N–H and O–H groups in total. The molecule has 4 rings (SSSR count). The minimum Gasteiger partial charge on any atom is -0.365 e. The molecular formula is C23H23F3N4O. The van der Waals surface area contributed by atoms with Crippen LogP contribution in [0.4, 0.5) is 18.9 Å². The molecule has 8 heteroatoms. The third kappa shape index (κ3) is 4.02. The molecule has 5 nitrogen and oxygen atoms in total. The van der Waals surface area contributed by atoms with E-state index in [1.54, 1.807) is 0 Å². The SMILES string of the molecule is Cc1nn(-c2ccccc2)c(C)c1N1CCN(C(=O)c2ccccc2C(F)(F)F)CC1. The molecule has 1 amide bonds.